The van der Waals surface area contributed by atoms with E-state index in [4.69, 9.17) is 31.0 Å². The molecule has 0 radical (unpaired) electrons. The Kier molecular flexibility index (Phi) is 11.6. The molecule has 18 heavy (non-hydrogen) atoms. The highest BCUT2D eigenvalue weighted by molar-refractivity contribution is 6.01. The molecule has 0 amide bonds. The summed E-state index contributed by atoms with van der Waals surface area (Å²) in [7, 11) is 0. The fourth-order valence-corrected chi connectivity index (χ4v) is 0.856. The number of carboxylic acids is 2. The summed E-state index contributed by atoms with van der Waals surface area (Å²) in [5, 5.41) is 44.6. The number of carboxylic acid groups (broad SMARTS) is 2. The number of rotatable bonds is 2. The molecule has 8 N–H and O–H groups in total. The summed E-state index contributed by atoms with van der Waals surface area (Å²) in [5.74, 6) is -2.46. The van der Waals surface area contributed by atoms with Crippen molar-refractivity contribution in [1.82, 2.24) is 11.3 Å². The third kappa shape index (κ3) is 8.12. The van der Waals surface area contributed by atoms with Crippen LogP contribution in [0.1, 0.15) is 20.7 Å². The summed E-state index contributed by atoms with van der Waals surface area (Å²) in [6.45, 7) is 0. The van der Waals surface area contributed by atoms with Crippen LogP contribution in [-0.4, -0.2) is 43.0 Å². The highest BCUT2D eigenvalue weighted by Gasteiger charge is 2.13. The van der Waals surface area contributed by atoms with E-state index in [2.05, 4.69) is 0 Å². The fourth-order valence-electron chi connectivity index (χ4n) is 0.856. The van der Waals surface area contributed by atoms with Gasteiger partial charge in [0.1, 0.15) is 0 Å². The normalized spacial score (nSPS) is 8.22. The molecule has 1 rings (SSSR count). The smallest absolute Gasteiger partial charge is 0.336 e. The highest BCUT2D eigenvalue weighted by atomic mass is 16.7. The molecule has 10 nitrogen and oxygen atoms in total. The third-order valence-corrected chi connectivity index (χ3v) is 1.39. The van der Waals surface area contributed by atoms with Crippen molar-refractivity contribution in [3.05, 3.63) is 35.4 Å². The van der Waals surface area contributed by atoms with Crippen molar-refractivity contribution in [2.75, 3.05) is 0 Å². The Morgan fingerprint density at radius 3 is 1.17 bits per heavy atom. The monoisotopic (exact) mass is 264 g/mol. The molecule has 0 saturated heterocycles. The van der Waals surface area contributed by atoms with Crippen LogP contribution in [0.3, 0.4) is 0 Å². The molecule has 0 heterocycles. The molecule has 0 saturated carbocycles. The van der Waals surface area contributed by atoms with Gasteiger partial charge < -0.3 is 10.2 Å². The minimum atomic E-state index is -1.23. The summed E-state index contributed by atoms with van der Waals surface area (Å²) >= 11 is 0. The molecule has 0 atom stereocenters. The van der Waals surface area contributed by atoms with E-state index in [9.17, 15) is 9.59 Å². The predicted octanol–water partition coefficient (Wildman–Crippen LogP) is -0.208. The van der Waals surface area contributed by atoms with Crippen LogP contribution in [0.5, 0.6) is 0 Å². The van der Waals surface area contributed by atoms with Crippen LogP contribution in [0, 0.1) is 0 Å². The van der Waals surface area contributed by atoms with E-state index in [1.165, 1.54) is 24.3 Å². The van der Waals surface area contributed by atoms with E-state index in [0.717, 1.165) is 11.3 Å². The summed E-state index contributed by atoms with van der Waals surface area (Å²) in [5.41, 5.74) is 1.12. The van der Waals surface area contributed by atoms with Gasteiger partial charge in [-0.15, -0.1) is 0 Å². The lowest BCUT2D eigenvalue weighted by atomic mass is 10.1. The maximum Gasteiger partial charge on any atom is 0.336 e. The number of benzene rings is 1. The molecule has 102 valence electrons. The van der Waals surface area contributed by atoms with Crippen LogP contribution >= 0.6 is 0 Å². The van der Waals surface area contributed by atoms with E-state index in [-0.39, 0.29) is 11.1 Å². The van der Waals surface area contributed by atoms with Gasteiger partial charge in [-0.1, -0.05) is 23.4 Å². The molecule has 0 aromatic heterocycles. The van der Waals surface area contributed by atoms with Gasteiger partial charge in [0.15, 0.2) is 0 Å². The van der Waals surface area contributed by atoms with Crippen LogP contribution in [0.4, 0.5) is 0 Å². The molecule has 0 unspecified atom stereocenters. The lowest BCUT2D eigenvalue weighted by molar-refractivity contribution is -0.0682. The second-order valence-corrected chi connectivity index (χ2v) is 2.36. The van der Waals surface area contributed by atoms with Crippen molar-refractivity contribution in [2.24, 2.45) is 0 Å². The Morgan fingerprint density at radius 2 is 1.00 bits per heavy atom. The first-order chi connectivity index (χ1) is 8.45. The van der Waals surface area contributed by atoms with Crippen molar-refractivity contribution in [2.45, 2.75) is 0 Å². The van der Waals surface area contributed by atoms with Gasteiger partial charge in [-0.25, -0.2) is 9.59 Å². The van der Waals surface area contributed by atoms with Gasteiger partial charge in [0.05, 0.1) is 11.1 Å². The average Bonchev–Trinajstić information content (AvgIpc) is 2.31. The fraction of sp³-hybridized carbons (Fsp3) is 0. The first-order valence-electron chi connectivity index (χ1n) is 4.08. The van der Waals surface area contributed by atoms with Crippen LogP contribution in [0.2, 0.25) is 0 Å². The molecule has 0 aliphatic carbocycles. The average molecular weight is 264 g/mol. The van der Waals surface area contributed by atoms with Crippen LogP contribution in [0.25, 0.3) is 0 Å². The minimum Gasteiger partial charge on any atom is -0.478 e. The van der Waals surface area contributed by atoms with Gasteiger partial charge >= 0.3 is 11.9 Å². The summed E-state index contributed by atoms with van der Waals surface area (Å²) < 4.78 is 0. The standard InChI is InChI=1S/C8H6O4.2H3NO2/c9-7(10)5-3-1-2-4-6(5)8(11)12;2*2-1-3/h1-4H,(H,9,10)(H,11,12);2*1-3H. The molecule has 0 fully saturated rings. The largest absolute Gasteiger partial charge is 0.478 e. The Labute approximate surface area is 100 Å². The molecular formula is C8H12N2O8. The lowest BCUT2D eigenvalue weighted by Crippen LogP contribution is -2.06. The van der Waals surface area contributed by atoms with E-state index in [1.807, 2.05) is 0 Å². The van der Waals surface area contributed by atoms with Crippen LogP contribution in [0.15, 0.2) is 24.3 Å². The Balaban J connectivity index is 0. The minimum absolute atomic E-state index is 0.190. The molecule has 0 bridgehead atoms. The van der Waals surface area contributed by atoms with Crippen LogP contribution < -0.4 is 11.3 Å². The number of hydrogen-bond donors (Lipinski definition) is 8. The number of aromatic carboxylic acids is 2. The summed E-state index contributed by atoms with van der Waals surface area (Å²) in [6, 6.07) is 5.48. The van der Waals surface area contributed by atoms with E-state index in [0.29, 0.717) is 0 Å². The second kappa shape index (κ2) is 11.4. The zero-order valence-corrected chi connectivity index (χ0v) is 8.81. The molecular weight excluding hydrogens is 252 g/mol. The maximum absolute atomic E-state index is 10.5. The van der Waals surface area contributed by atoms with Gasteiger partial charge in [0, 0.05) is 0 Å². The van der Waals surface area contributed by atoms with Gasteiger partial charge in [0.2, 0.25) is 0 Å². The topological polar surface area (TPSA) is 180 Å². The van der Waals surface area contributed by atoms with E-state index in [1.54, 1.807) is 0 Å². The first-order valence-corrected chi connectivity index (χ1v) is 4.08. The first kappa shape index (κ1) is 18.3. The number of carbonyl (C=O) groups is 2. The van der Waals surface area contributed by atoms with Crippen molar-refractivity contribution < 1.29 is 40.6 Å². The predicted molar refractivity (Wildman–Crippen MR) is 53.8 cm³/mol. The van der Waals surface area contributed by atoms with Gasteiger partial charge in [0.25, 0.3) is 0 Å². The zero-order valence-electron chi connectivity index (χ0n) is 8.81. The SMILES string of the molecule is O=C(O)c1ccccc1C(=O)O.ONO.ONO. The molecule has 0 spiro atoms. The Morgan fingerprint density at radius 1 is 0.778 bits per heavy atom. The highest BCUT2D eigenvalue weighted by Crippen LogP contribution is 2.07. The summed E-state index contributed by atoms with van der Waals surface area (Å²) in [6.07, 6.45) is 0. The van der Waals surface area contributed by atoms with Gasteiger partial charge in [-0.3, -0.25) is 20.8 Å². The Bertz CT molecular complexity index is 335. The lowest BCUT2D eigenvalue weighted by Gasteiger charge is -1.98. The molecule has 0 aliphatic rings. The maximum atomic E-state index is 10.5. The van der Waals surface area contributed by atoms with Crippen molar-refractivity contribution in [3.63, 3.8) is 0 Å². The number of hydrogen-bond acceptors (Lipinski definition) is 8. The van der Waals surface area contributed by atoms with Crippen molar-refractivity contribution in [1.29, 1.82) is 0 Å². The van der Waals surface area contributed by atoms with Crippen LogP contribution in [-0.2, 0) is 0 Å². The summed E-state index contributed by atoms with van der Waals surface area (Å²) in [4.78, 5) is 20.9. The quantitative estimate of drug-likeness (QED) is 0.333. The van der Waals surface area contributed by atoms with E-state index >= 15 is 0 Å². The van der Waals surface area contributed by atoms with Gasteiger partial charge in [-0.2, -0.15) is 0 Å². The van der Waals surface area contributed by atoms with E-state index < -0.39 is 11.9 Å². The number of nitrogens with one attached hydrogen (secondary N) is 2. The molecule has 10 heteroatoms. The molecule has 0 aliphatic heterocycles. The second-order valence-electron chi connectivity index (χ2n) is 2.36. The molecule has 1 aromatic rings. The third-order valence-electron chi connectivity index (χ3n) is 1.39. The Hall–Kier alpha value is -2.08. The van der Waals surface area contributed by atoms with Crippen molar-refractivity contribution >= 4 is 11.9 Å². The molecule has 1 aromatic carbocycles. The van der Waals surface area contributed by atoms with Crippen molar-refractivity contribution in [3.8, 4) is 0 Å². The van der Waals surface area contributed by atoms with Gasteiger partial charge in [-0.05, 0) is 12.1 Å². The zero-order chi connectivity index (χ0) is 14.6.